The Hall–Kier alpha value is -2.96. The third kappa shape index (κ3) is 3.51. The van der Waals surface area contributed by atoms with Crippen LogP contribution >= 0.6 is 0 Å². The number of benzene rings is 2. The Labute approximate surface area is 149 Å². The number of hydrogen-bond acceptors (Lipinski definition) is 3. The normalized spacial score (nSPS) is 16.0. The van der Waals surface area contributed by atoms with Gasteiger partial charge in [0.05, 0.1) is 5.69 Å². The number of hydrogen-bond donors (Lipinski definition) is 1. The molecule has 2 aromatic rings. The Bertz CT molecular complexity index is 821. The Morgan fingerprint density at radius 2 is 1.85 bits per heavy atom. The quantitative estimate of drug-likeness (QED) is 0.888. The third-order valence-electron chi connectivity index (χ3n) is 4.13. The van der Waals surface area contributed by atoms with E-state index in [2.05, 4.69) is 5.32 Å². The molecule has 0 saturated heterocycles. The van der Waals surface area contributed by atoms with Gasteiger partial charge in [0.1, 0.15) is 23.1 Å². The van der Waals surface area contributed by atoms with Crippen molar-refractivity contribution in [3.05, 3.63) is 54.1 Å². The first kappa shape index (κ1) is 17.8. The fourth-order valence-electron chi connectivity index (χ4n) is 2.80. The van der Waals surface area contributed by atoms with Gasteiger partial charge in [0, 0.05) is 13.0 Å². The largest absolute Gasteiger partial charge is 0.478 e. The number of carbonyl (C=O) groups excluding carboxylic acids is 2. The Morgan fingerprint density at radius 3 is 2.54 bits per heavy atom. The summed E-state index contributed by atoms with van der Waals surface area (Å²) >= 11 is 0. The molecule has 1 aliphatic rings. The van der Waals surface area contributed by atoms with Crippen molar-refractivity contribution in [2.24, 2.45) is 0 Å². The summed E-state index contributed by atoms with van der Waals surface area (Å²) in [6.07, 6.45) is -0.224. The molecular formula is C19H18F2N2O3. The molecule has 0 aliphatic carbocycles. The molecule has 0 radical (unpaired) electrons. The summed E-state index contributed by atoms with van der Waals surface area (Å²) in [6.45, 7) is 1.92. The number of carbonyl (C=O) groups is 2. The molecule has 1 N–H and O–H groups in total. The van der Waals surface area contributed by atoms with E-state index in [-0.39, 0.29) is 18.9 Å². The van der Waals surface area contributed by atoms with E-state index in [0.717, 1.165) is 12.1 Å². The second kappa shape index (κ2) is 7.51. The summed E-state index contributed by atoms with van der Waals surface area (Å²) in [5.74, 6) is -1.95. The van der Waals surface area contributed by atoms with Crippen LogP contribution in [-0.4, -0.2) is 24.5 Å². The molecule has 136 valence electrons. The van der Waals surface area contributed by atoms with Crippen molar-refractivity contribution in [3.63, 3.8) is 0 Å². The third-order valence-corrected chi connectivity index (χ3v) is 4.13. The minimum absolute atomic E-state index is 0.0810. The molecule has 3 rings (SSSR count). The molecule has 5 nitrogen and oxygen atoms in total. The average Bonchev–Trinajstić information content (AvgIpc) is 2.63. The highest BCUT2D eigenvalue weighted by Gasteiger charge is 2.33. The van der Waals surface area contributed by atoms with Crippen LogP contribution in [0.15, 0.2) is 42.5 Å². The fraction of sp³-hybridized carbons (Fsp3) is 0.263. The molecule has 26 heavy (non-hydrogen) atoms. The van der Waals surface area contributed by atoms with Crippen LogP contribution < -0.4 is 15.0 Å². The maximum atomic E-state index is 13.6. The topological polar surface area (TPSA) is 58.6 Å². The minimum atomic E-state index is -0.850. The van der Waals surface area contributed by atoms with Crippen molar-refractivity contribution in [3.8, 4) is 5.75 Å². The maximum absolute atomic E-state index is 13.6. The number of rotatable bonds is 5. The number of para-hydroxylation sites is 3. The number of fused-ring (bicyclic) bond motifs is 1. The fourth-order valence-corrected chi connectivity index (χ4v) is 2.80. The highest BCUT2D eigenvalue weighted by Crippen LogP contribution is 2.34. The predicted octanol–water partition coefficient (Wildman–Crippen LogP) is 3.50. The molecule has 1 heterocycles. The summed E-state index contributed by atoms with van der Waals surface area (Å²) in [4.78, 5) is 26.1. The number of nitrogens with one attached hydrogen (secondary N) is 1. The van der Waals surface area contributed by atoms with E-state index in [1.165, 1.54) is 11.0 Å². The molecule has 0 spiro atoms. The van der Waals surface area contributed by atoms with E-state index in [0.29, 0.717) is 17.9 Å². The lowest BCUT2D eigenvalue weighted by Crippen LogP contribution is -2.46. The monoisotopic (exact) mass is 360 g/mol. The molecule has 0 fully saturated rings. The van der Waals surface area contributed by atoms with E-state index in [9.17, 15) is 18.4 Å². The van der Waals surface area contributed by atoms with Crippen molar-refractivity contribution in [2.45, 2.75) is 25.9 Å². The van der Waals surface area contributed by atoms with E-state index in [1.807, 2.05) is 6.92 Å². The van der Waals surface area contributed by atoms with Gasteiger partial charge in [0.2, 0.25) is 5.91 Å². The molecule has 2 aromatic carbocycles. The smallest absolute Gasteiger partial charge is 0.268 e. The van der Waals surface area contributed by atoms with Crippen LogP contribution in [0.1, 0.15) is 19.8 Å². The zero-order valence-electron chi connectivity index (χ0n) is 14.2. The average molecular weight is 360 g/mol. The van der Waals surface area contributed by atoms with E-state index < -0.39 is 29.3 Å². The molecule has 0 saturated carbocycles. The zero-order valence-corrected chi connectivity index (χ0v) is 14.2. The lowest BCUT2D eigenvalue weighted by molar-refractivity contribution is -0.126. The van der Waals surface area contributed by atoms with Gasteiger partial charge in [-0.25, -0.2) is 8.78 Å². The minimum Gasteiger partial charge on any atom is -0.478 e. The molecule has 1 unspecified atom stereocenters. The van der Waals surface area contributed by atoms with Gasteiger partial charge in [0.15, 0.2) is 6.10 Å². The van der Waals surface area contributed by atoms with Crippen LogP contribution in [0.4, 0.5) is 20.2 Å². The number of amides is 2. The first-order chi connectivity index (χ1) is 12.5. The summed E-state index contributed by atoms with van der Waals surface area (Å²) in [5.41, 5.74) is 0.0877. The Kier molecular flexibility index (Phi) is 5.16. The zero-order chi connectivity index (χ0) is 18.7. The Morgan fingerprint density at radius 1 is 1.15 bits per heavy atom. The highest BCUT2D eigenvalue weighted by molar-refractivity contribution is 6.01. The van der Waals surface area contributed by atoms with Crippen molar-refractivity contribution < 1.29 is 23.1 Å². The van der Waals surface area contributed by atoms with Crippen LogP contribution in [0.2, 0.25) is 0 Å². The van der Waals surface area contributed by atoms with Gasteiger partial charge in [-0.3, -0.25) is 9.59 Å². The van der Waals surface area contributed by atoms with E-state index in [4.69, 9.17) is 4.74 Å². The number of ether oxygens (including phenoxy) is 1. The van der Waals surface area contributed by atoms with Gasteiger partial charge >= 0.3 is 0 Å². The summed E-state index contributed by atoms with van der Waals surface area (Å²) in [6, 6.07) is 10.4. The number of anilines is 2. The van der Waals surface area contributed by atoms with Crippen LogP contribution in [0, 0.1) is 11.6 Å². The number of nitrogens with zero attached hydrogens (tertiary/aromatic N) is 1. The van der Waals surface area contributed by atoms with Crippen LogP contribution in [0.5, 0.6) is 5.75 Å². The first-order valence-electron chi connectivity index (χ1n) is 8.32. The van der Waals surface area contributed by atoms with E-state index in [1.54, 1.807) is 24.3 Å². The van der Waals surface area contributed by atoms with Gasteiger partial charge in [-0.05, 0) is 30.7 Å². The van der Waals surface area contributed by atoms with Crippen molar-refractivity contribution in [1.29, 1.82) is 0 Å². The maximum Gasteiger partial charge on any atom is 0.268 e. The summed E-state index contributed by atoms with van der Waals surface area (Å²) in [7, 11) is 0. The van der Waals surface area contributed by atoms with Gasteiger partial charge in [0.25, 0.3) is 5.91 Å². The van der Waals surface area contributed by atoms with Crippen molar-refractivity contribution >= 4 is 23.2 Å². The molecule has 2 amide bonds. The molecular weight excluding hydrogens is 342 g/mol. The SMILES string of the molecule is CCC1Oc2ccccc2N(CCC(=O)Nc2c(F)cccc2F)C1=O. The van der Waals surface area contributed by atoms with Gasteiger partial charge < -0.3 is 15.0 Å². The second-order valence-corrected chi connectivity index (χ2v) is 5.87. The van der Waals surface area contributed by atoms with Crippen LogP contribution in [0.3, 0.4) is 0 Å². The lowest BCUT2D eigenvalue weighted by Gasteiger charge is -2.33. The van der Waals surface area contributed by atoms with Gasteiger partial charge in [-0.2, -0.15) is 0 Å². The van der Waals surface area contributed by atoms with Crippen LogP contribution in [-0.2, 0) is 9.59 Å². The predicted molar refractivity (Wildman–Crippen MR) is 93.1 cm³/mol. The summed E-state index contributed by atoms with van der Waals surface area (Å²) < 4.78 is 32.9. The Balaban J connectivity index is 1.72. The molecule has 0 bridgehead atoms. The molecule has 1 aliphatic heterocycles. The van der Waals surface area contributed by atoms with Crippen molar-refractivity contribution in [2.75, 3.05) is 16.8 Å². The molecule has 1 atom stereocenters. The van der Waals surface area contributed by atoms with Gasteiger partial charge in [-0.15, -0.1) is 0 Å². The van der Waals surface area contributed by atoms with Crippen molar-refractivity contribution in [1.82, 2.24) is 0 Å². The first-order valence-corrected chi connectivity index (χ1v) is 8.32. The second-order valence-electron chi connectivity index (χ2n) is 5.87. The number of halogens is 2. The molecule has 7 heteroatoms. The van der Waals surface area contributed by atoms with E-state index >= 15 is 0 Å². The lowest BCUT2D eigenvalue weighted by atomic mass is 10.1. The molecule has 0 aromatic heterocycles. The highest BCUT2D eigenvalue weighted by atomic mass is 19.1. The standard InChI is InChI=1S/C19H18F2N2O3/c1-2-15-19(25)23(14-8-3-4-9-16(14)26-15)11-10-17(24)22-18-12(20)6-5-7-13(18)21/h3-9,15H,2,10-11H2,1H3,(H,22,24). The van der Waals surface area contributed by atoms with Crippen LogP contribution in [0.25, 0.3) is 0 Å². The van der Waals surface area contributed by atoms with Gasteiger partial charge in [-0.1, -0.05) is 25.1 Å². The summed E-state index contributed by atoms with van der Waals surface area (Å²) in [5, 5.41) is 2.22.